The second kappa shape index (κ2) is 7.29. The van der Waals surface area contributed by atoms with E-state index in [1.807, 2.05) is 0 Å². The number of alkyl halides is 3. The number of sulfonamides is 1. The van der Waals surface area contributed by atoms with Crippen LogP contribution in [-0.2, 0) is 16.2 Å². The molecule has 0 radical (unpaired) electrons. The van der Waals surface area contributed by atoms with Gasteiger partial charge in [-0.05, 0) is 29.6 Å². The SMILES string of the molecule is O=C(Nc1nc(C(F)(F)F)cs1)c1cccc(NS(=O)(=O)c2cccs2)c1. The van der Waals surface area contributed by atoms with Crippen LogP contribution < -0.4 is 10.0 Å². The molecule has 2 heterocycles. The lowest BCUT2D eigenvalue weighted by atomic mass is 10.2. The van der Waals surface area contributed by atoms with Crippen molar-refractivity contribution in [2.24, 2.45) is 0 Å². The first-order valence-corrected chi connectivity index (χ1v) is 10.4. The van der Waals surface area contributed by atoms with Crippen LogP contribution >= 0.6 is 22.7 Å². The molecule has 0 aliphatic rings. The van der Waals surface area contributed by atoms with Crippen LogP contribution in [0.5, 0.6) is 0 Å². The zero-order valence-corrected chi connectivity index (χ0v) is 15.6. The van der Waals surface area contributed by atoms with Crippen molar-refractivity contribution < 1.29 is 26.4 Å². The minimum Gasteiger partial charge on any atom is -0.298 e. The highest BCUT2D eigenvalue weighted by Crippen LogP contribution is 2.31. The van der Waals surface area contributed by atoms with Gasteiger partial charge in [-0.2, -0.15) is 13.2 Å². The number of nitrogens with one attached hydrogen (secondary N) is 2. The molecule has 0 fully saturated rings. The van der Waals surface area contributed by atoms with Gasteiger partial charge in [0.05, 0.1) is 0 Å². The molecular weight excluding hydrogens is 423 g/mol. The topological polar surface area (TPSA) is 88.2 Å². The molecule has 1 aromatic carbocycles. The van der Waals surface area contributed by atoms with Crippen LogP contribution in [0.2, 0.25) is 0 Å². The number of hydrogen-bond acceptors (Lipinski definition) is 6. The summed E-state index contributed by atoms with van der Waals surface area (Å²) in [5, 5.41) is 4.46. The molecule has 142 valence electrons. The summed E-state index contributed by atoms with van der Waals surface area (Å²) in [6, 6.07) is 8.60. The van der Waals surface area contributed by atoms with Gasteiger partial charge in [0.2, 0.25) is 0 Å². The lowest BCUT2D eigenvalue weighted by Crippen LogP contribution is -2.14. The number of anilines is 2. The lowest BCUT2D eigenvalue weighted by molar-refractivity contribution is -0.140. The Bertz CT molecular complexity index is 1060. The third-order valence-electron chi connectivity index (χ3n) is 3.15. The first kappa shape index (κ1) is 19.3. The molecule has 0 aliphatic heterocycles. The highest BCUT2D eigenvalue weighted by Gasteiger charge is 2.34. The number of benzene rings is 1. The quantitative estimate of drug-likeness (QED) is 0.629. The van der Waals surface area contributed by atoms with Crippen molar-refractivity contribution in [2.45, 2.75) is 10.4 Å². The Balaban J connectivity index is 1.75. The van der Waals surface area contributed by atoms with E-state index in [9.17, 15) is 26.4 Å². The Morgan fingerprint density at radius 1 is 1.11 bits per heavy atom. The number of rotatable bonds is 5. The molecule has 27 heavy (non-hydrogen) atoms. The summed E-state index contributed by atoms with van der Waals surface area (Å²) in [7, 11) is -3.78. The average Bonchev–Trinajstić information content (AvgIpc) is 3.26. The average molecular weight is 433 g/mol. The first-order chi connectivity index (χ1) is 12.6. The zero-order chi connectivity index (χ0) is 19.7. The van der Waals surface area contributed by atoms with Crippen LogP contribution in [0.25, 0.3) is 0 Å². The predicted octanol–water partition coefficient (Wildman–Crippen LogP) is 4.28. The van der Waals surface area contributed by atoms with Gasteiger partial charge >= 0.3 is 6.18 Å². The molecule has 0 unspecified atom stereocenters. The maximum Gasteiger partial charge on any atom is 0.434 e. The number of thiophene rings is 1. The molecule has 0 aliphatic carbocycles. The van der Waals surface area contributed by atoms with E-state index >= 15 is 0 Å². The van der Waals surface area contributed by atoms with Crippen molar-refractivity contribution in [1.82, 2.24) is 4.98 Å². The van der Waals surface area contributed by atoms with Crippen molar-refractivity contribution in [1.29, 1.82) is 0 Å². The van der Waals surface area contributed by atoms with Gasteiger partial charge in [0.15, 0.2) is 10.8 Å². The van der Waals surface area contributed by atoms with Crippen molar-refractivity contribution in [2.75, 3.05) is 10.0 Å². The van der Waals surface area contributed by atoms with Gasteiger partial charge in [-0.1, -0.05) is 12.1 Å². The van der Waals surface area contributed by atoms with E-state index in [4.69, 9.17) is 0 Å². The summed E-state index contributed by atoms with van der Waals surface area (Å²) >= 11 is 1.68. The minimum absolute atomic E-state index is 0.0603. The highest BCUT2D eigenvalue weighted by atomic mass is 32.2. The summed E-state index contributed by atoms with van der Waals surface area (Å²) in [5.41, 5.74) is -0.892. The predicted molar refractivity (Wildman–Crippen MR) is 96.6 cm³/mol. The molecular formula is C15H10F3N3O3S3. The van der Waals surface area contributed by atoms with Crippen LogP contribution in [0.1, 0.15) is 16.1 Å². The summed E-state index contributed by atoms with van der Waals surface area (Å²) in [4.78, 5) is 15.5. The van der Waals surface area contributed by atoms with E-state index in [1.54, 1.807) is 11.4 Å². The Labute approximate surface area is 159 Å². The molecule has 1 amide bonds. The number of carbonyl (C=O) groups excluding carboxylic acids is 1. The molecule has 0 bridgehead atoms. The van der Waals surface area contributed by atoms with E-state index in [2.05, 4.69) is 15.0 Å². The van der Waals surface area contributed by atoms with Crippen LogP contribution in [0.3, 0.4) is 0 Å². The van der Waals surface area contributed by atoms with Gasteiger partial charge in [0, 0.05) is 16.6 Å². The second-order valence-electron chi connectivity index (χ2n) is 5.11. The third kappa shape index (κ3) is 4.64. The standard InChI is InChI=1S/C15H10F3N3O3S3/c16-15(17,18)11-8-26-14(19-11)20-13(22)9-3-1-4-10(7-9)21-27(23,24)12-5-2-6-25-12/h1-8,21H,(H,19,20,22). The fraction of sp³-hybridized carbons (Fsp3) is 0.0667. The molecule has 3 rings (SSSR count). The summed E-state index contributed by atoms with van der Waals surface area (Å²) in [6.45, 7) is 0. The Hall–Kier alpha value is -2.44. The highest BCUT2D eigenvalue weighted by molar-refractivity contribution is 7.94. The van der Waals surface area contributed by atoms with Gasteiger partial charge in [0.1, 0.15) is 4.21 Å². The van der Waals surface area contributed by atoms with Crippen molar-refractivity contribution in [3.05, 3.63) is 58.4 Å². The van der Waals surface area contributed by atoms with Gasteiger partial charge in [-0.15, -0.1) is 22.7 Å². The maximum absolute atomic E-state index is 12.6. The Kier molecular flexibility index (Phi) is 5.22. The number of hydrogen-bond donors (Lipinski definition) is 2. The van der Waals surface area contributed by atoms with Crippen molar-refractivity contribution in [3.8, 4) is 0 Å². The summed E-state index contributed by atoms with van der Waals surface area (Å²) in [5.74, 6) is -0.713. The molecule has 2 aromatic heterocycles. The number of nitrogens with zero attached hydrogens (tertiary/aromatic N) is 1. The maximum atomic E-state index is 12.6. The second-order valence-corrected chi connectivity index (χ2v) is 8.82. The molecule has 12 heteroatoms. The van der Waals surface area contributed by atoms with Gasteiger partial charge in [-0.25, -0.2) is 13.4 Å². The smallest absolute Gasteiger partial charge is 0.298 e. The fourth-order valence-corrected chi connectivity index (χ4v) is 4.73. The van der Waals surface area contributed by atoms with Gasteiger partial charge < -0.3 is 0 Å². The van der Waals surface area contributed by atoms with Crippen molar-refractivity contribution >= 4 is 49.4 Å². The van der Waals surface area contributed by atoms with Crippen LogP contribution in [0, 0.1) is 0 Å². The number of thiazole rings is 1. The zero-order valence-electron chi connectivity index (χ0n) is 13.1. The minimum atomic E-state index is -4.60. The van der Waals surface area contributed by atoms with Crippen molar-refractivity contribution in [3.63, 3.8) is 0 Å². The first-order valence-electron chi connectivity index (χ1n) is 7.15. The molecule has 2 N–H and O–H groups in total. The van der Waals surface area contributed by atoms with Crippen LogP contribution in [0.4, 0.5) is 24.0 Å². The van der Waals surface area contributed by atoms with E-state index in [1.165, 1.54) is 30.3 Å². The van der Waals surface area contributed by atoms with Gasteiger partial charge in [-0.3, -0.25) is 14.8 Å². The lowest BCUT2D eigenvalue weighted by Gasteiger charge is -2.08. The van der Waals surface area contributed by atoms with E-state index in [0.717, 1.165) is 16.7 Å². The van der Waals surface area contributed by atoms with Crippen LogP contribution in [-0.4, -0.2) is 19.3 Å². The summed E-state index contributed by atoms with van der Waals surface area (Å²) < 4.78 is 64.6. The molecule has 0 saturated heterocycles. The number of aromatic nitrogens is 1. The summed E-state index contributed by atoms with van der Waals surface area (Å²) in [6.07, 6.45) is -4.60. The van der Waals surface area contributed by atoms with E-state index in [0.29, 0.717) is 11.3 Å². The Morgan fingerprint density at radius 2 is 1.89 bits per heavy atom. The molecule has 0 spiro atoms. The molecule has 0 saturated carbocycles. The molecule has 3 aromatic rings. The fourth-order valence-electron chi connectivity index (χ4n) is 1.98. The molecule has 0 atom stereocenters. The van der Waals surface area contributed by atoms with E-state index in [-0.39, 0.29) is 20.6 Å². The normalized spacial score (nSPS) is 12.0. The third-order valence-corrected chi connectivity index (χ3v) is 6.69. The molecule has 6 nitrogen and oxygen atoms in total. The largest absolute Gasteiger partial charge is 0.434 e. The number of halogens is 3. The number of amides is 1. The van der Waals surface area contributed by atoms with Gasteiger partial charge in [0.25, 0.3) is 15.9 Å². The van der Waals surface area contributed by atoms with Crippen LogP contribution in [0.15, 0.2) is 51.4 Å². The monoisotopic (exact) mass is 433 g/mol. The Morgan fingerprint density at radius 3 is 2.52 bits per heavy atom. The number of carbonyl (C=O) groups is 1. The van der Waals surface area contributed by atoms with E-state index < -0.39 is 27.8 Å².